The molecule has 6 heteroatoms. The van der Waals surface area contributed by atoms with Crippen molar-refractivity contribution < 1.29 is 13.5 Å². The average molecular weight is 272 g/mol. The average Bonchev–Trinajstić information content (AvgIpc) is 3.01. The number of rotatable bonds is 3. The van der Waals surface area contributed by atoms with Crippen molar-refractivity contribution in [1.82, 2.24) is 5.16 Å². The number of epoxide rings is 1. The van der Waals surface area contributed by atoms with Crippen LogP contribution in [0.4, 0.5) is 0 Å². The zero-order valence-corrected chi connectivity index (χ0v) is 13.0. The molecule has 2 heterocycles. The van der Waals surface area contributed by atoms with Crippen LogP contribution in [0.5, 0.6) is 0 Å². The van der Waals surface area contributed by atoms with Crippen LogP contribution in [0.3, 0.4) is 0 Å². The minimum absolute atomic E-state index is 0. The third-order valence-corrected chi connectivity index (χ3v) is 3.67. The molecule has 3 atom stereocenters. The smallest absolute Gasteiger partial charge is 0.167 e. The Hall–Kier alpha value is -0.460. The maximum Gasteiger partial charge on any atom is 0.167 e. The first-order valence-corrected chi connectivity index (χ1v) is 6.87. The standard InChI is InChI=1S/C12H11NO3S.Na/c1-17(14)12-11(15-12)9-7-10(16-13-9)8-5-3-2-4-6-8;/h2-7,11-12H,1H3;. The third-order valence-electron chi connectivity index (χ3n) is 2.66. The van der Waals surface area contributed by atoms with Gasteiger partial charge in [-0.1, -0.05) is 35.5 Å². The fraction of sp³-hybridized carbons (Fsp3) is 0.250. The molecular weight excluding hydrogens is 261 g/mol. The topological polar surface area (TPSA) is 55.6 Å². The van der Waals surface area contributed by atoms with Gasteiger partial charge in [0.05, 0.1) is 10.8 Å². The predicted molar refractivity (Wildman–Crippen MR) is 69.4 cm³/mol. The summed E-state index contributed by atoms with van der Waals surface area (Å²) in [6, 6.07) is 11.6. The van der Waals surface area contributed by atoms with Crippen molar-refractivity contribution in [2.24, 2.45) is 0 Å². The van der Waals surface area contributed by atoms with Crippen LogP contribution in [0, 0.1) is 0 Å². The fourth-order valence-corrected chi connectivity index (χ4v) is 2.49. The van der Waals surface area contributed by atoms with E-state index in [1.807, 2.05) is 36.4 Å². The van der Waals surface area contributed by atoms with E-state index in [1.165, 1.54) is 0 Å². The van der Waals surface area contributed by atoms with Crippen LogP contribution in [-0.4, -0.2) is 50.6 Å². The summed E-state index contributed by atoms with van der Waals surface area (Å²) in [5.74, 6) is 0.705. The van der Waals surface area contributed by atoms with Gasteiger partial charge in [0.15, 0.2) is 11.2 Å². The van der Waals surface area contributed by atoms with Crippen LogP contribution in [0.25, 0.3) is 11.3 Å². The molecule has 1 saturated heterocycles. The summed E-state index contributed by atoms with van der Waals surface area (Å²) in [4.78, 5) is 0. The quantitative estimate of drug-likeness (QED) is 0.631. The van der Waals surface area contributed by atoms with Gasteiger partial charge in [-0.25, -0.2) is 0 Å². The number of nitrogens with zero attached hydrogens (tertiary/aromatic N) is 1. The van der Waals surface area contributed by atoms with E-state index < -0.39 is 10.8 Å². The van der Waals surface area contributed by atoms with Crippen LogP contribution < -0.4 is 0 Å². The van der Waals surface area contributed by atoms with Crippen molar-refractivity contribution in [3.63, 3.8) is 0 Å². The molecule has 18 heavy (non-hydrogen) atoms. The molecule has 0 bridgehead atoms. The molecule has 4 nitrogen and oxygen atoms in total. The van der Waals surface area contributed by atoms with Crippen molar-refractivity contribution in [3.05, 3.63) is 42.1 Å². The molecule has 0 aliphatic carbocycles. The Morgan fingerprint density at radius 2 is 2.00 bits per heavy atom. The molecule has 3 unspecified atom stereocenters. The van der Waals surface area contributed by atoms with E-state index in [9.17, 15) is 4.21 Å². The second-order valence-corrected chi connectivity index (χ2v) is 5.37. The minimum atomic E-state index is -0.976. The predicted octanol–water partition coefficient (Wildman–Crippen LogP) is 1.74. The number of hydrogen-bond acceptors (Lipinski definition) is 4. The zero-order valence-electron chi connectivity index (χ0n) is 10.2. The summed E-state index contributed by atoms with van der Waals surface area (Å²) in [5.41, 5.74) is 1.45. The number of hydrogen-bond donors (Lipinski definition) is 0. The van der Waals surface area contributed by atoms with E-state index in [2.05, 4.69) is 5.16 Å². The Morgan fingerprint density at radius 3 is 2.61 bits per heavy atom. The first kappa shape index (κ1) is 14.0. The molecule has 1 fully saturated rings. The van der Waals surface area contributed by atoms with Gasteiger partial charge < -0.3 is 9.26 Å². The summed E-state index contributed by atoms with van der Waals surface area (Å²) >= 11 is 0. The Morgan fingerprint density at radius 1 is 1.28 bits per heavy atom. The van der Waals surface area contributed by atoms with Gasteiger partial charge >= 0.3 is 0 Å². The Kier molecular flexibility index (Phi) is 4.40. The van der Waals surface area contributed by atoms with Crippen molar-refractivity contribution in [2.45, 2.75) is 11.5 Å². The van der Waals surface area contributed by atoms with Gasteiger partial charge in [-0.3, -0.25) is 4.21 Å². The molecule has 1 aromatic carbocycles. The van der Waals surface area contributed by atoms with E-state index in [0.717, 1.165) is 5.56 Å². The number of aromatic nitrogens is 1. The van der Waals surface area contributed by atoms with Crippen molar-refractivity contribution in [1.29, 1.82) is 0 Å². The van der Waals surface area contributed by atoms with Crippen molar-refractivity contribution in [3.8, 4) is 11.3 Å². The second kappa shape index (κ2) is 5.67. The van der Waals surface area contributed by atoms with E-state index in [0.29, 0.717) is 11.5 Å². The number of benzene rings is 1. The summed E-state index contributed by atoms with van der Waals surface area (Å²) in [7, 11) is -0.976. The molecule has 0 N–H and O–H groups in total. The molecule has 1 aliphatic heterocycles. The maximum absolute atomic E-state index is 11.2. The van der Waals surface area contributed by atoms with E-state index in [-0.39, 0.29) is 41.1 Å². The van der Waals surface area contributed by atoms with Crippen LogP contribution in [0.2, 0.25) is 0 Å². The van der Waals surface area contributed by atoms with E-state index >= 15 is 0 Å². The first-order valence-electron chi connectivity index (χ1n) is 5.25. The van der Waals surface area contributed by atoms with Crippen LogP contribution >= 0.6 is 0 Å². The maximum atomic E-state index is 11.2. The number of ether oxygens (including phenoxy) is 1. The zero-order chi connectivity index (χ0) is 11.8. The molecule has 0 spiro atoms. The summed E-state index contributed by atoms with van der Waals surface area (Å²) in [6.45, 7) is 0. The van der Waals surface area contributed by atoms with Gasteiger partial charge in [-0.15, -0.1) is 0 Å². The molecule has 0 amide bonds. The molecular formula is C12H11NNaO3S. The molecule has 2 aromatic rings. The third kappa shape index (κ3) is 2.75. The van der Waals surface area contributed by atoms with Crippen molar-refractivity contribution >= 4 is 40.4 Å². The fourth-order valence-electron chi connectivity index (χ4n) is 1.72. The molecule has 89 valence electrons. The largest absolute Gasteiger partial charge is 0.356 e. The summed E-state index contributed by atoms with van der Waals surface area (Å²) in [6.07, 6.45) is 1.45. The van der Waals surface area contributed by atoms with Gasteiger partial charge in [-0.2, -0.15) is 0 Å². The van der Waals surface area contributed by atoms with E-state index in [1.54, 1.807) is 6.26 Å². The van der Waals surface area contributed by atoms with Crippen molar-refractivity contribution in [2.75, 3.05) is 6.26 Å². The Labute approximate surface area is 129 Å². The summed E-state index contributed by atoms with van der Waals surface area (Å²) in [5, 5.41) is 3.95. The summed E-state index contributed by atoms with van der Waals surface area (Å²) < 4.78 is 21.7. The molecule has 1 aromatic heterocycles. The molecule has 1 aliphatic rings. The minimum Gasteiger partial charge on any atom is -0.356 e. The molecule has 3 rings (SSSR count). The Balaban J connectivity index is 0.00000120. The van der Waals surface area contributed by atoms with E-state index in [4.69, 9.17) is 9.26 Å². The van der Waals surface area contributed by atoms with Gasteiger partial charge in [0.1, 0.15) is 11.8 Å². The van der Waals surface area contributed by atoms with Crippen LogP contribution in [0.1, 0.15) is 11.8 Å². The Bertz CT molecular complexity index is 557. The molecule has 0 saturated carbocycles. The normalized spacial score (nSPS) is 23.2. The first-order chi connectivity index (χ1) is 8.25. The SMILES string of the molecule is CS(=O)C1OC1c1cc(-c2ccccc2)on1.[Na]. The van der Waals surface area contributed by atoms with Gasteiger partial charge in [0, 0.05) is 47.4 Å². The van der Waals surface area contributed by atoms with Gasteiger partial charge in [-0.05, 0) is 0 Å². The molecule has 1 radical (unpaired) electrons. The van der Waals surface area contributed by atoms with Gasteiger partial charge in [0.25, 0.3) is 0 Å². The van der Waals surface area contributed by atoms with Crippen LogP contribution in [0.15, 0.2) is 40.9 Å². The monoisotopic (exact) mass is 272 g/mol. The second-order valence-electron chi connectivity index (χ2n) is 3.91. The van der Waals surface area contributed by atoms with Gasteiger partial charge in [0.2, 0.25) is 0 Å². The van der Waals surface area contributed by atoms with Crippen LogP contribution in [-0.2, 0) is 15.5 Å².